The zero-order valence-electron chi connectivity index (χ0n) is 13.8. The van der Waals surface area contributed by atoms with Gasteiger partial charge in [0.05, 0.1) is 6.10 Å². The van der Waals surface area contributed by atoms with Crippen molar-refractivity contribution < 1.29 is 14.3 Å². The highest BCUT2D eigenvalue weighted by Crippen LogP contribution is 2.30. The minimum atomic E-state index is -0.413. The predicted molar refractivity (Wildman–Crippen MR) is 89.2 cm³/mol. The number of amides is 2. The second-order valence-electron chi connectivity index (χ2n) is 6.90. The first-order valence-electron chi connectivity index (χ1n) is 7.87. The van der Waals surface area contributed by atoms with Gasteiger partial charge in [0.2, 0.25) is 0 Å². The van der Waals surface area contributed by atoms with Gasteiger partial charge in [-0.2, -0.15) is 0 Å². The first-order chi connectivity index (χ1) is 10.7. The van der Waals surface area contributed by atoms with E-state index in [4.69, 9.17) is 11.6 Å². The quantitative estimate of drug-likeness (QED) is 0.883. The molecule has 1 saturated heterocycles. The lowest BCUT2D eigenvalue weighted by Crippen LogP contribution is -2.44. The summed E-state index contributed by atoms with van der Waals surface area (Å²) in [4.78, 5) is 14.0. The van der Waals surface area contributed by atoms with Gasteiger partial charge in [-0.25, -0.2) is 9.18 Å². The number of rotatable bonds is 4. The number of urea groups is 1. The average molecular weight is 343 g/mol. The van der Waals surface area contributed by atoms with Crippen LogP contribution in [0.1, 0.15) is 32.8 Å². The molecule has 6 heteroatoms. The van der Waals surface area contributed by atoms with Gasteiger partial charge in [-0.05, 0) is 31.0 Å². The van der Waals surface area contributed by atoms with Crippen molar-refractivity contribution >= 4 is 17.6 Å². The van der Waals surface area contributed by atoms with Gasteiger partial charge in [0.15, 0.2) is 0 Å². The van der Waals surface area contributed by atoms with E-state index in [1.807, 2.05) is 13.8 Å². The number of likely N-dealkylation sites (tertiary alicyclic amines) is 1. The number of hydrogen-bond donors (Lipinski definition) is 2. The van der Waals surface area contributed by atoms with Crippen LogP contribution in [0.5, 0.6) is 0 Å². The van der Waals surface area contributed by atoms with E-state index in [0.29, 0.717) is 24.7 Å². The van der Waals surface area contributed by atoms with Crippen LogP contribution in [0.3, 0.4) is 0 Å². The van der Waals surface area contributed by atoms with Crippen molar-refractivity contribution in [3.63, 3.8) is 0 Å². The minimum absolute atomic E-state index is 0.139. The SMILES string of the molecule is C[C@H](O)[C@H]1CCN(C(=O)NCC(C)(C)c2ccc(F)cc2Cl)C1. The smallest absolute Gasteiger partial charge is 0.317 e. The van der Waals surface area contributed by atoms with E-state index in [0.717, 1.165) is 12.0 Å². The van der Waals surface area contributed by atoms with Gasteiger partial charge in [-0.3, -0.25) is 0 Å². The van der Waals surface area contributed by atoms with Crippen molar-refractivity contribution in [3.05, 3.63) is 34.6 Å². The second kappa shape index (κ2) is 7.05. The van der Waals surface area contributed by atoms with E-state index in [1.54, 1.807) is 17.9 Å². The third kappa shape index (κ3) is 4.36. The van der Waals surface area contributed by atoms with Crippen LogP contribution >= 0.6 is 11.6 Å². The Kier molecular flexibility index (Phi) is 5.53. The molecule has 0 saturated carbocycles. The molecule has 0 bridgehead atoms. The lowest BCUT2D eigenvalue weighted by atomic mass is 9.84. The maximum absolute atomic E-state index is 13.2. The summed E-state index contributed by atoms with van der Waals surface area (Å²) in [5.74, 6) is -0.236. The van der Waals surface area contributed by atoms with Crippen molar-refractivity contribution in [1.29, 1.82) is 0 Å². The number of nitrogens with one attached hydrogen (secondary N) is 1. The summed E-state index contributed by atoms with van der Waals surface area (Å²) in [5, 5.41) is 12.9. The number of hydrogen-bond acceptors (Lipinski definition) is 2. The molecule has 1 aliphatic rings. The van der Waals surface area contributed by atoms with E-state index in [-0.39, 0.29) is 17.8 Å². The average Bonchev–Trinajstić information content (AvgIpc) is 2.94. The van der Waals surface area contributed by atoms with Crippen LogP contribution in [0.4, 0.5) is 9.18 Å². The second-order valence-corrected chi connectivity index (χ2v) is 7.31. The van der Waals surface area contributed by atoms with Crippen molar-refractivity contribution in [2.24, 2.45) is 5.92 Å². The number of halogens is 2. The summed E-state index contributed by atoms with van der Waals surface area (Å²) < 4.78 is 13.2. The Hall–Kier alpha value is -1.33. The highest BCUT2D eigenvalue weighted by atomic mass is 35.5. The molecule has 0 radical (unpaired) electrons. The van der Waals surface area contributed by atoms with Gasteiger partial charge in [0.1, 0.15) is 5.82 Å². The Morgan fingerprint density at radius 1 is 1.57 bits per heavy atom. The summed E-state index contributed by atoms with van der Waals surface area (Å²) >= 11 is 6.12. The van der Waals surface area contributed by atoms with Gasteiger partial charge >= 0.3 is 6.03 Å². The lowest BCUT2D eigenvalue weighted by molar-refractivity contribution is 0.129. The Morgan fingerprint density at radius 2 is 2.26 bits per heavy atom. The number of carbonyl (C=O) groups is 1. The van der Waals surface area contributed by atoms with Crippen LogP contribution in [-0.2, 0) is 5.41 Å². The third-order valence-electron chi connectivity index (χ3n) is 4.54. The van der Waals surface area contributed by atoms with Gasteiger partial charge in [0, 0.05) is 36.0 Å². The van der Waals surface area contributed by atoms with Crippen LogP contribution in [0.15, 0.2) is 18.2 Å². The van der Waals surface area contributed by atoms with Gasteiger partial charge < -0.3 is 15.3 Å². The van der Waals surface area contributed by atoms with E-state index in [1.165, 1.54) is 12.1 Å². The van der Waals surface area contributed by atoms with Crippen LogP contribution < -0.4 is 5.32 Å². The Labute approximate surface area is 141 Å². The van der Waals surface area contributed by atoms with Crippen molar-refractivity contribution in [2.45, 2.75) is 38.7 Å². The molecule has 4 nitrogen and oxygen atoms in total. The molecular weight excluding hydrogens is 319 g/mol. The molecule has 2 N–H and O–H groups in total. The molecule has 0 aliphatic carbocycles. The Balaban J connectivity index is 1.95. The number of nitrogens with zero attached hydrogens (tertiary/aromatic N) is 1. The normalized spacial score (nSPS) is 19.7. The van der Waals surface area contributed by atoms with Crippen molar-refractivity contribution in [3.8, 4) is 0 Å². The molecule has 2 amide bonds. The largest absolute Gasteiger partial charge is 0.393 e. The maximum atomic E-state index is 13.2. The number of carbonyl (C=O) groups excluding carboxylic acids is 1. The highest BCUT2D eigenvalue weighted by molar-refractivity contribution is 6.31. The molecular formula is C17H24ClFN2O2. The number of aliphatic hydroxyl groups excluding tert-OH is 1. The Morgan fingerprint density at radius 3 is 2.83 bits per heavy atom. The molecule has 128 valence electrons. The Bertz CT molecular complexity index is 578. The third-order valence-corrected chi connectivity index (χ3v) is 4.85. The first-order valence-corrected chi connectivity index (χ1v) is 8.25. The standard InChI is InChI=1S/C17H24ClFN2O2/c1-11(22)12-6-7-21(9-12)16(23)20-10-17(2,3)14-5-4-13(19)8-15(14)18/h4-5,8,11-12,22H,6-7,9-10H2,1-3H3,(H,20,23)/t11-,12-/m0/s1. The van der Waals surface area contributed by atoms with Crippen LogP contribution in [0.25, 0.3) is 0 Å². The lowest BCUT2D eigenvalue weighted by Gasteiger charge is -2.28. The molecule has 0 spiro atoms. The summed E-state index contributed by atoms with van der Waals surface area (Å²) in [6.45, 7) is 7.28. The molecule has 0 unspecified atom stereocenters. The topological polar surface area (TPSA) is 52.6 Å². The molecule has 0 aromatic heterocycles. The zero-order chi connectivity index (χ0) is 17.2. The van der Waals surface area contributed by atoms with Crippen LogP contribution in [0.2, 0.25) is 5.02 Å². The maximum Gasteiger partial charge on any atom is 0.317 e. The highest BCUT2D eigenvalue weighted by Gasteiger charge is 2.30. The van der Waals surface area contributed by atoms with Crippen LogP contribution in [-0.4, -0.2) is 41.8 Å². The van der Waals surface area contributed by atoms with E-state index < -0.39 is 11.5 Å². The summed E-state index contributed by atoms with van der Waals surface area (Å²) in [7, 11) is 0. The zero-order valence-corrected chi connectivity index (χ0v) is 14.5. The van der Waals surface area contributed by atoms with Crippen LogP contribution in [0, 0.1) is 11.7 Å². The molecule has 1 fully saturated rings. The first kappa shape index (κ1) is 18.0. The van der Waals surface area contributed by atoms with Gasteiger partial charge in [-0.15, -0.1) is 0 Å². The molecule has 1 aliphatic heterocycles. The van der Waals surface area contributed by atoms with Crippen molar-refractivity contribution in [1.82, 2.24) is 10.2 Å². The molecule has 2 atom stereocenters. The van der Waals surface area contributed by atoms with E-state index in [2.05, 4.69) is 5.32 Å². The van der Waals surface area contributed by atoms with Gasteiger partial charge in [-0.1, -0.05) is 31.5 Å². The predicted octanol–water partition coefficient (Wildman–Crippen LogP) is 3.17. The van der Waals surface area contributed by atoms with Crippen molar-refractivity contribution in [2.75, 3.05) is 19.6 Å². The fourth-order valence-corrected chi connectivity index (χ4v) is 3.33. The molecule has 23 heavy (non-hydrogen) atoms. The molecule has 1 heterocycles. The van der Waals surface area contributed by atoms with E-state index in [9.17, 15) is 14.3 Å². The summed E-state index contributed by atoms with van der Waals surface area (Å²) in [5.41, 5.74) is 0.383. The molecule has 1 aromatic carbocycles. The summed E-state index contributed by atoms with van der Waals surface area (Å²) in [6, 6.07) is 4.18. The molecule has 2 rings (SSSR count). The fourth-order valence-electron chi connectivity index (χ4n) is 2.91. The summed E-state index contributed by atoms with van der Waals surface area (Å²) in [6.07, 6.45) is 0.417. The fraction of sp³-hybridized carbons (Fsp3) is 0.588. The van der Waals surface area contributed by atoms with E-state index >= 15 is 0 Å². The van der Waals surface area contributed by atoms with Gasteiger partial charge in [0.25, 0.3) is 0 Å². The number of aliphatic hydroxyl groups is 1. The minimum Gasteiger partial charge on any atom is -0.393 e. The molecule has 1 aromatic rings. The number of benzene rings is 1. The monoisotopic (exact) mass is 342 g/mol.